The lowest BCUT2D eigenvalue weighted by Gasteiger charge is -2.36. The van der Waals surface area contributed by atoms with Crippen LogP contribution in [0.25, 0.3) is 0 Å². The molecule has 1 fully saturated rings. The summed E-state index contributed by atoms with van der Waals surface area (Å²) in [6.07, 6.45) is 1.15. The van der Waals surface area contributed by atoms with Gasteiger partial charge in [0.1, 0.15) is 24.4 Å². The minimum absolute atomic E-state index is 0.0338. The number of hydrogen-bond donors (Lipinski definition) is 1. The third kappa shape index (κ3) is 11.8. The van der Waals surface area contributed by atoms with Gasteiger partial charge in [0, 0.05) is 24.2 Å². The van der Waals surface area contributed by atoms with Crippen molar-refractivity contribution in [3.05, 3.63) is 24.3 Å². The summed E-state index contributed by atoms with van der Waals surface area (Å²) in [6.45, 7) is 18.2. The van der Waals surface area contributed by atoms with Crippen LogP contribution >= 0.6 is 0 Å². The number of carbonyl (C=O) groups is 4. The molecule has 2 amide bonds. The molecule has 1 atom stereocenters. The van der Waals surface area contributed by atoms with E-state index in [0.717, 1.165) is 12.8 Å². The standard InChI is InChI=1S/C25H40N2O8/c1-17(2)20(28)32-12-13-33-23(31)27-11-9-10-19(15-27)14-24(5,6)35-22(30)26-16-25(7,8)34-21(29)18(3)4/h19H,1,3,9-16H2,2,4-8H3,(H,26,30). The first-order valence-corrected chi connectivity index (χ1v) is 11.7. The Bertz CT molecular complexity index is 818. The Morgan fingerprint density at radius 2 is 1.51 bits per heavy atom. The molecule has 10 nitrogen and oxygen atoms in total. The third-order valence-corrected chi connectivity index (χ3v) is 5.19. The summed E-state index contributed by atoms with van der Waals surface area (Å²) in [7, 11) is 0. The van der Waals surface area contributed by atoms with Crippen molar-refractivity contribution in [2.45, 2.75) is 72.0 Å². The van der Waals surface area contributed by atoms with Gasteiger partial charge in [-0.05, 0) is 66.7 Å². The third-order valence-electron chi connectivity index (χ3n) is 5.19. The Hall–Kier alpha value is -3.04. The van der Waals surface area contributed by atoms with Crippen LogP contribution in [0.5, 0.6) is 0 Å². The molecule has 1 N–H and O–H groups in total. The van der Waals surface area contributed by atoms with Crippen molar-refractivity contribution in [1.29, 1.82) is 0 Å². The number of hydrogen-bond acceptors (Lipinski definition) is 8. The zero-order valence-corrected chi connectivity index (χ0v) is 21.9. The van der Waals surface area contributed by atoms with Crippen molar-refractivity contribution >= 4 is 24.1 Å². The summed E-state index contributed by atoms with van der Waals surface area (Å²) in [5.41, 5.74) is -1.15. The minimum atomic E-state index is -0.924. The molecule has 1 aliphatic heterocycles. The van der Waals surface area contributed by atoms with E-state index in [-0.39, 0.29) is 36.8 Å². The molecule has 0 bridgehead atoms. The normalized spacial score (nSPS) is 16.1. The smallest absolute Gasteiger partial charge is 0.409 e. The van der Waals surface area contributed by atoms with Crippen LogP contribution in [0.15, 0.2) is 24.3 Å². The molecule has 0 aromatic rings. The predicted octanol–water partition coefficient (Wildman–Crippen LogP) is 3.75. The molecule has 0 aliphatic carbocycles. The lowest BCUT2D eigenvalue weighted by Crippen LogP contribution is -2.46. The van der Waals surface area contributed by atoms with Gasteiger partial charge in [-0.2, -0.15) is 0 Å². The Labute approximate surface area is 208 Å². The van der Waals surface area contributed by atoms with Crippen LogP contribution in [0.4, 0.5) is 9.59 Å². The second kappa shape index (κ2) is 13.2. The molecule has 1 aliphatic rings. The van der Waals surface area contributed by atoms with Crippen molar-refractivity contribution in [2.75, 3.05) is 32.8 Å². The second-order valence-corrected chi connectivity index (χ2v) is 10.1. The maximum absolute atomic E-state index is 12.4. The number of nitrogens with one attached hydrogen (secondary N) is 1. The average Bonchev–Trinajstić information content (AvgIpc) is 2.74. The van der Waals surface area contributed by atoms with Crippen molar-refractivity contribution in [1.82, 2.24) is 10.2 Å². The van der Waals surface area contributed by atoms with Crippen molar-refractivity contribution < 1.29 is 38.1 Å². The van der Waals surface area contributed by atoms with E-state index >= 15 is 0 Å². The molecule has 1 rings (SSSR count). The highest BCUT2D eigenvalue weighted by molar-refractivity contribution is 5.87. The van der Waals surface area contributed by atoms with E-state index in [9.17, 15) is 19.2 Å². The number of carbonyl (C=O) groups excluding carboxylic acids is 4. The number of nitrogens with zero attached hydrogens (tertiary/aromatic N) is 1. The summed E-state index contributed by atoms with van der Waals surface area (Å²) in [4.78, 5) is 49.4. The Balaban J connectivity index is 2.46. The molecule has 1 heterocycles. The van der Waals surface area contributed by atoms with E-state index < -0.39 is 35.3 Å². The van der Waals surface area contributed by atoms with Gasteiger partial charge in [0.25, 0.3) is 0 Å². The van der Waals surface area contributed by atoms with E-state index in [0.29, 0.717) is 19.5 Å². The fourth-order valence-corrected chi connectivity index (χ4v) is 3.56. The van der Waals surface area contributed by atoms with Gasteiger partial charge in [0.2, 0.25) is 0 Å². The largest absolute Gasteiger partial charge is 0.459 e. The molecule has 198 valence electrons. The molecule has 0 aromatic heterocycles. The van der Waals surface area contributed by atoms with Gasteiger partial charge in [-0.1, -0.05) is 13.2 Å². The van der Waals surface area contributed by atoms with Crippen LogP contribution in [0.1, 0.15) is 60.8 Å². The van der Waals surface area contributed by atoms with Gasteiger partial charge in [-0.15, -0.1) is 0 Å². The lowest BCUT2D eigenvalue weighted by atomic mass is 9.87. The first-order chi connectivity index (χ1) is 16.1. The number of rotatable bonds is 11. The summed E-state index contributed by atoms with van der Waals surface area (Å²) in [5, 5.41) is 2.64. The van der Waals surface area contributed by atoms with Crippen molar-refractivity contribution in [3.63, 3.8) is 0 Å². The van der Waals surface area contributed by atoms with Gasteiger partial charge >= 0.3 is 24.1 Å². The fourth-order valence-electron chi connectivity index (χ4n) is 3.56. The quantitative estimate of drug-likeness (QED) is 0.199. The van der Waals surface area contributed by atoms with E-state index in [4.69, 9.17) is 18.9 Å². The average molecular weight is 497 g/mol. The lowest BCUT2D eigenvalue weighted by molar-refractivity contribution is -0.151. The van der Waals surface area contributed by atoms with E-state index in [1.807, 2.05) is 13.8 Å². The molecule has 0 spiro atoms. The molecule has 0 radical (unpaired) electrons. The maximum Gasteiger partial charge on any atom is 0.409 e. The van der Waals surface area contributed by atoms with Crippen LogP contribution in [-0.2, 0) is 28.5 Å². The van der Waals surface area contributed by atoms with Crippen LogP contribution < -0.4 is 5.32 Å². The Morgan fingerprint density at radius 3 is 2.11 bits per heavy atom. The number of likely N-dealkylation sites (tertiary alicyclic amines) is 1. The molecule has 35 heavy (non-hydrogen) atoms. The zero-order chi connectivity index (χ0) is 26.8. The summed E-state index contributed by atoms with van der Waals surface area (Å²) >= 11 is 0. The maximum atomic E-state index is 12.4. The minimum Gasteiger partial charge on any atom is -0.459 e. The summed E-state index contributed by atoms with van der Waals surface area (Å²) < 4.78 is 21.0. The topological polar surface area (TPSA) is 120 Å². The van der Waals surface area contributed by atoms with Crippen LogP contribution in [0, 0.1) is 5.92 Å². The molecule has 1 saturated heterocycles. The van der Waals surface area contributed by atoms with Crippen LogP contribution in [-0.4, -0.2) is 73.1 Å². The van der Waals surface area contributed by atoms with Crippen LogP contribution in [0.2, 0.25) is 0 Å². The Morgan fingerprint density at radius 1 is 0.914 bits per heavy atom. The first kappa shape index (κ1) is 30.0. The highest BCUT2D eigenvalue weighted by atomic mass is 16.6. The zero-order valence-electron chi connectivity index (χ0n) is 21.9. The molecule has 0 saturated carbocycles. The molecule has 1 unspecified atom stereocenters. The van der Waals surface area contributed by atoms with Gasteiger partial charge in [-0.25, -0.2) is 19.2 Å². The van der Waals surface area contributed by atoms with Crippen LogP contribution in [0.3, 0.4) is 0 Å². The van der Waals surface area contributed by atoms with Gasteiger partial charge in [0.15, 0.2) is 0 Å². The van der Waals surface area contributed by atoms with Gasteiger partial charge < -0.3 is 29.2 Å². The first-order valence-electron chi connectivity index (χ1n) is 11.7. The number of alkyl carbamates (subject to hydrolysis) is 1. The molecular weight excluding hydrogens is 456 g/mol. The van der Waals surface area contributed by atoms with Gasteiger partial charge in [-0.3, -0.25) is 0 Å². The molecule has 10 heteroatoms. The predicted molar refractivity (Wildman–Crippen MR) is 130 cm³/mol. The fraction of sp³-hybridized carbons (Fsp3) is 0.680. The van der Waals surface area contributed by atoms with E-state index in [1.54, 1.807) is 32.6 Å². The number of piperidine rings is 1. The van der Waals surface area contributed by atoms with Crippen molar-refractivity contribution in [2.24, 2.45) is 5.92 Å². The summed E-state index contributed by atoms with van der Waals surface area (Å²) in [6, 6.07) is 0. The number of ether oxygens (including phenoxy) is 4. The van der Waals surface area contributed by atoms with Gasteiger partial charge in [0.05, 0.1) is 6.54 Å². The second-order valence-electron chi connectivity index (χ2n) is 10.1. The SMILES string of the molecule is C=C(C)C(=O)OCCOC(=O)N1CCCC(CC(C)(C)OC(=O)NCC(C)(C)OC(=O)C(=C)C)C1. The number of amides is 2. The molecule has 0 aromatic carbocycles. The highest BCUT2D eigenvalue weighted by Gasteiger charge is 2.33. The van der Waals surface area contributed by atoms with E-state index in [1.165, 1.54) is 0 Å². The monoisotopic (exact) mass is 496 g/mol. The Kier molecular flexibility index (Phi) is 11.3. The number of esters is 2. The molecular formula is C25H40N2O8. The van der Waals surface area contributed by atoms with Crippen molar-refractivity contribution in [3.8, 4) is 0 Å². The highest BCUT2D eigenvalue weighted by Crippen LogP contribution is 2.28. The van der Waals surface area contributed by atoms with E-state index in [2.05, 4.69) is 18.5 Å². The summed E-state index contributed by atoms with van der Waals surface area (Å²) in [5.74, 6) is -0.936.